The van der Waals surface area contributed by atoms with E-state index in [2.05, 4.69) is 41.2 Å². The molecule has 0 aliphatic heterocycles. The van der Waals surface area contributed by atoms with Gasteiger partial charge in [-0.15, -0.1) is 0 Å². The zero-order valence-electron chi connectivity index (χ0n) is 8.10. The van der Waals surface area contributed by atoms with Crippen LogP contribution in [-0.2, 0) is 14.8 Å². The zero-order chi connectivity index (χ0) is 11.0. The molecule has 0 aliphatic carbocycles. The van der Waals surface area contributed by atoms with Gasteiger partial charge in [0.2, 0.25) is 9.05 Å². The van der Waals surface area contributed by atoms with E-state index < -0.39 is 9.05 Å². The van der Waals surface area contributed by atoms with E-state index in [0.29, 0.717) is 0 Å². The van der Waals surface area contributed by atoms with Crippen LogP contribution in [0.5, 0.6) is 0 Å². The molecule has 0 unspecified atom stereocenters. The first-order valence-electron chi connectivity index (χ1n) is 3.86. The lowest BCUT2D eigenvalue weighted by atomic mass is 10.2. The normalized spacial score (nSPS) is 8.94. The molecule has 0 amide bonds. The van der Waals surface area contributed by atoms with Gasteiger partial charge < -0.3 is 0 Å². The second-order valence-corrected chi connectivity index (χ2v) is 6.51. The quantitative estimate of drug-likeness (QED) is 0.770. The van der Waals surface area contributed by atoms with Crippen molar-refractivity contribution in [2.45, 2.75) is 20.6 Å². The number of benzene rings is 1. The average Bonchev–Trinajstić information content (AvgIpc) is 2.03. The van der Waals surface area contributed by atoms with Gasteiger partial charge in [-0.1, -0.05) is 45.2 Å². The third-order valence-corrected chi connectivity index (χ3v) is 1.78. The van der Waals surface area contributed by atoms with Crippen LogP contribution in [0, 0.1) is 0 Å². The Morgan fingerprint density at radius 1 is 1.19 bits per heavy atom. The van der Waals surface area contributed by atoms with Crippen molar-refractivity contribution in [1.29, 1.82) is 0 Å². The smallest absolute Gasteiger partial charge is 0.213 e. The highest BCUT2D eigenvalue weighted by atomic mass is 35.7. The highest BCUT2D eigenvalue weighted by Crippen LogP contribution is 2.06. The largest absolute Gasteiger partial charge is 0.229 e. The maximum atomic E-state index is 9.40. The molecule has 0 radical (unpaired) electrons. The van der Waals surface area contributed by atoms with E-state index in [9.17, 15) is 8.42 Å². The van der Waals surface area contributed by atoms with Gasteiger partial charge in [-0.3, -0.25) is 0 Å². The molecule has 2 nitrogen and oxygen atoms in total. The average molecular weight is 285 g/mol. The monoisotopic (exact) mass is 284 g/mol. The van der Waals surface area contributed by atoms with Crippen LogP contribution >= 0.6 is 22.4 Å². The fraction of sp³-hybridized carbons (Fsp3) is 0.455. The Labute approximate surface area is 109 Å². The van der Waals surface area contributed by atoms with Gasteiger partial charge in [0.1, 0.15) is 0 Å². The summed E-state index contributed by atoms with van der Waals surface area (Å²) in [7, 11) is 1.31. The van der Waals surface area contributed by atoms with Crippen LogP contribution in [0.1, 0.15) is 20.4 Å². The Morgan fingerprint density at radius 2 is 1.56 bits per heavy atom. The molecule has 0 saturated carbocycles. The van der Waals surface area contributed by atoms with Gasteiger partial charge in [0.15, 0.2) is 0 Å². The van der Waals surface area contributed by atoms with E-state index in [1.165, 1.54) is 5.56 Å². The van der Waals surface area contributed by atoms with Crippen molar-refractivity contribution in [2.24, 2.45) is 0 Å². The first-order chi connectivity index (χ1) is 6.43. The number of hydrogen-bond donors (Lipinski definition) is 0. The van der Waals surface area contributed by atoms with Crippen LogP contribution in [-0.4, -0.2) is 20.9 Å². The summed E-state index contributed by atoms with van der Waals surface area (Å²) >= 11 is 1.85. The Bertz CT molecular complexity index is 328. The molecular weight excluding hydrogens is 264 g/mol. The molecule has 0 aliphatic rings. The summed E-state index contributed by atoms with van der Waals surface area (Å²) < 4.78 is 18.8. The predicted molar refractivity (Wildman–Crippen MR) is 77.8 cm³/mol. The topological polar surface area (TPSA) is 34.1 Å². The highest BCUT2D eigenvalue weighted by Gasteiger charge is 1.85. The van der Waals surface area contributed by atoms with Gasteiger partial charge in [0.25, 0.3) is 0 Å². The maximum Gasteiger partial charge on any atom is 0.229 e. The molecule has 0 heterocycles. The summed E-state index contributed by atoms with van der Waals surface area (Å²) in [5.41, 5.74) is 1.41. The van der Waals surface area contributed by atoms with E-state index in [4.69, 9.17) is 0 Å². The standard InChI is InChI=1S/C8H10S.CH3ClO2S.2CH4/c1-9-7-8-5-3-2-4-6-8;1-5(2,3)4;;/h2-6H,7H2,1H3;1H3;2*1H4. The van der Waals surface area contributed by atoms with Gasteiger partial charge in [0, 0.05) is 16.4 Å². The number of hydrogen-bond acceptors (Lipinski definition) is 3. The van der Waals surface area contributed by atoms with Crippen LogP contribution in [0.3, 0.4) is 0 Å². The first kappa shape index (κ1) is 21.1. The van der Waals surface area contributed by atoms with Crippen molar-refractivity contribution in [1.82, 2.24) is 0 Å². The van der Waals surface area contributed by atoms with E-state index in [-0.39, 0.29) is 14.9 Å². The Balaban J connectivity index is -0.000000214. The molecule has 5 heteroatoms. The summed E-state index contributed by atoms with van der Waals surface area (Å²) in [6, 6.07) is 10.5. The fourth-order valence-electron chi connectivity index (χ4n) is 0.741. The van der Waals surface area contributed by atoms with Crippen LogP contribution in [0.25, 0.3) is 0 Å². The van der Waals surface area contributed by atoms with Crippen molar-refractivity contribution >= 4 is 31.5 Å². The van der Waals surface area contributed by atoms with Gasteiger partial charge in [-0.25, -0.2) is 8.42 Å². The first-order valence-corrected chi connectivity index (χ1v) is 7.97. The zero-order valence-corrected chi connectivity index (χ0v) is 10.5. The highest BCUT2D eigenvalue weighted by molar-refractivity contribution is 8.13. The second kappa shape index (κ2) is 11.3. The molecule has 0 fully saturated rings. The van der Waals surface area contributed by atoms with Gasteiger partial charge in [-0.05, 0) is 11.8 Å². The molecule has 0 N–H and O–H groups in total. The molecule has 1 aromatic carbocycles. The van der Waals surface area contributed by atoms with E-state index in [0.717, 1.165) is 12.0 Å². The maximum absolute atomic E-state index is 9.40. The third-order valence-electron chi connectivity index (χ3n) is 1.15. The molecule has 0 aromatic heterocycles. The lowest BCUT2D eigenvalue weighted by Crippen LogP contribution is -1.76. The lowest BCUT2D eigenvalue weighted by Gasteiger charge is -1.93. The summed E-state index contributed by atoms with van der Waals surface area (Å²) in [6.07, 6.45) is 3.04. The summed E-state index contributed by atoms with van der Waals surface area (Å²) in [5.74, 6) is 1.13. The SMILES string of the molecule is C.C.CS(=O)(=O)Cl.CSCc1ccccc1. The van der Waals surface area contributed by atoms with E-state index in [1.807, 2.05) is 17.8 Å². The van der Waals surface area contributed by atoms with E-state index >= 15 is 0 Å². The van der Waals surface area contributed by atoms with Crippen LogP contribution in [0.4, 0.5) is 0 Å². The van der Waals surface area contributed by atoms with Gasteiger partial charge in [-0.2, -0.15) is 11.8 Å². The molecule has 0 saturated heterocycles. The fourth-order valence-corrected chi connectivity index (χ4v) is 1.27. The molecule has 0 bridgehead atoms. The summed E-state index contributed by atoms with van der Waals surface area (Å²) in [5, 5.41) is 0. The number of rotatable bonds is 2. The van der Waals surface area contributed by atoms with Crippen LogP contribution < -0.4 is 0 Å². The van der Waals surface area contributed by atoms with Gasteiger partial charge >= 0.3 is 0 Å². The number of halogens is 1. The van der Waals surface area contributed by atoms with E-state index in [1.54, 1.807) is 0 Å². The molecule has 1 aromatic rings. The molecule has 16 heavy (non-hydrogen) atoms. The summed E-state index contributed by atoms with van der Waals surface area (Å²) in [6.45, 7) is 0. The minimum Gasteiger partial charge on any atom is -0.213 e. The Kier molecular flexibility index (Phi) is 14.9. The third kappa shape index (κ3) is 19.4. The molecule has 0 atom stereocenters. The molecule has 0 spiro atoms. The van der Waals surface area contributed by atoms with Crippen LogP contribution in [0.2, 0.25) is 0 Å². The minimum absolute atomic E-state index is 0. The van der Waals surface area contributed by atoms with Gasteiger partial charge in [0.05, 0.1) is 6.26 Å². The second-order valence-electron chi connectivity index (χ2n) is 2.60. The molecular formula is C11H21ClO2S2. The number of thioether (sulfide) groups is 1. The van der Waals surface area contributed by atoms with Crippen molar-refractivity contribution in [3.8, 4) is 0 Å². The van der Waals surface area contributed by atoms with Crippen molar-refractivity contribution in [3.63, 3.8) is 0 Å². The Hall–Kier alpha value is -0.190. The lowest BCUT2D eigenvalue weighted by molar-refractivity contribution is 0.615. The molecule has 1 rings (SSSR count). The molecule has 96 valence electrons. The van der Waals surface area contributed by atoms with Crippen LogP contribution in [0.15, 0.2) is 30.3 Å². The Morgan fingerprint density at radius 3 is 1.88 bits per heavy atom. The predicted octanol–water partition coefficient (Wildman–Crippen LogP) is 4.01. The minimum atomic E-state index is -3.19. The van der Waals surface area contributed by atoms with Crippen molar-refractivity contribution in [3.05, 3.63) is 35.9 Å². The van der Waals surface area contributed by atoms with Crippen molar-refractivity contribution in [2.75, 3.05) is 12.5 Å². The summed E-state index contributed by atoms with van der Waals surface area (Å²) in [4.78, 5) is 0. The van der Waals surface area contributed by atoms with Crippen molar-refractivity contribution < 1.29 is 8.42 Å².